The van der Waals surface area contributed by atoms with E-state index in [0.717, 1.165) is 11.1 Å². The van der Waals surface area contributed by atoms with Crippen molar-refractivity contribution >= 4 is 11.9 Å². The highest BCUT2D eigenvalue weighted by Crippen LogP contribution is 2.05. The zero-order chi connectivity index (χ0) is 17.4. The summed E-state index contributed by atoms with van der Waals surface area (Å²) in [6, 6.07) is 17.5. The topological polar surface area (TPSA) is 50.7 Å². The number of aryl methyl sites for hydroxylation is 1. The molecule has 0 saturated carbocycles. The second kappa shape index (κ2) is 8.87. The Morgan fingerprint density at radius 2 is 1.75 bits per heavy atom. The molecule has 0 aromatic heterocycles. The Morgan fingerprint density at radius 3 is 2.38 bits per heavy atom. The molecule has 4 heteroatoms. The van der Waals surface area contributed by atoms with Gasteiger partial charge in [0.05, 0.1) is 13.2 Å². The van der Waals surface area contributed by atoms with Gasteiger partial charge < -0.3 is 4.74 Å². The van der Waals surface area contributed by atoms with Gasteiger partial charge in [0.15, 0.2) is 0 Å². The molecule has 2 rings (SSSR count). The average Bonchev–Trinajstić information content (AvgIpc) is 2.58. The highest BCUT2D eigenvalue weighted by atomic mass is 16.5. The van der Waals surface area contributed by atoms with Gasteiger partial charge in [-0.3, -0.25) is 10.1 Å². The number of carbonyl (C=O) groups is 1. The van der Waals surface area contributed by atoms with Crippen molar-refractivity contribution in [3.63, 3.8) is 0 Å². The number of aliphatic imine (C=N–C) groups is 1. The molecule has 0 spiro atoms. The fourth-order valence-electron chi connectivity index (χ4n) is 1.99. The summed E-state index contributed by atoms with van der Waals surface area (Å²) in [4.78, 5) is 16.8. The largest absolute Gasteiger partial charge is 0.465 e. The second-order valence-electron chi connectivity index (χ2n) is 6.13. The maximum absolute atomic E-state index is 12.4. The Labute approximate surface area is 143 Å². The van der Waals surface area contributed by atoms with Crippen LogP contribution in [0.1, 0.15) is 35.3 Å². The van der Waals surface area contributed by atoms with Gasteiger partial charge in [-0.05, 0) is 30.5 Å². The van der Waals surface area contributed by atoms with Crippen molar-refractivity contribution in [3.05, 3.63) is 71.3 Å². The zero-order valence-electron chi connectivity index (χ0n) is 14.5. The Hall–Kier alpha value is -2.62. The lowest BCUT2D eigenvalue weighted by Gasteiger charge is -2.12. The van der Waals surface area contributed by atoms with Crippen molar-refractivity contribution in [3.8, 4) is 0 Å². The van der Waals surface area contributed by atoms with Crippen molar-refractivity contribution in [1.29, 1.82) is 0 Å². The molecular formula is C20H24N2O2. The van der Waals surface area contributed by atoms with E-state index in [0.29, 0.717) is 24.6 Å². The third-order valence-corrected chi connectivity index (χ3v) is 3.34. The lowest BCUT2D eigenvalue weighted by atomic mass is 10.1. The molecule has 0 aliphatic carbocycles. The number of benzene rings is 2. The SMILES string of the molecule is Cc1ccc(C(=O)NC(=NCc2ccccc2)OCC(C)C)cc1. The number of rotatable bonds is 5. The first-order valence-electron chi connectivity index (χ1n) is 8.14. The maximum atomic E-state index is 12.4. The number of carbonyl (C=O) groups excluding carboxylic acids is 1. The molecule has 0 bridgehead atoms. The Balaban J connectivity index is 2.07. The monoisotopic (exact) mass is 324 g/mol. The summed E-state index contributed by atoms with van der Waals surface area (Å²) in [5.74, 6) is 0.133. The number of amides is 1. The van der Waals surface area contributed by atoms with Crippen molar-refractivity contribution in [1.82, 2.24) is 5.32 Å². The molecule has 0 fully saturated rings. The van der Waals surface area contributed by atoms with Gasteiger partial charge in [-0.2, -0.15) is 0 Å². The molecule has 0 saturated heterocycles. The standard InChI is InChI=1S/C20H24N2O2/c1-15(2)14-24-20(21-13-17-7-5-4-6-8-17)22-19(23)18-11-9-16(3)10-12-18/h4-12,15H,13-14H2,1-3H3,(H,21,22,23). The molecule has 4 nitrogen and oxygen atoms in total. The van der Waals surface area contributed by atoms with Crippen LogP contribution < -0.4 is 5.32 Å². The predicted molar refractivity (Wildman–Crippen MR) is 97.0 cm³/mol. The van der Waals surface area contributed by atoms with Crippen LogP contribution in [0.2, 0.25) is 0 Å². The third kappa shape index (κ3) is 5.88. The summed E-state index contributed by atoms with van der Waals surface area (Å²) in [5.41, 5.74) is 2.76. The molecule has 2 aromatic carbocycles. The summed E-state index contributed by atoms with van der Waals surface area (Å²) >= 11 is 0. The summed E-state index contributed by atoms with van der Waals surface area (Å²) in [5, 5.41) is 2.77. The fraction of sp³-hybridized carbons (Fsp3) is 0.300. The van der Waals surface area contributed by atoms with Crippen LogP contribution in [-0.4, -0.2) is 18.5 Å². The average molecular weight is 324 g/mol. The molecule has 0 unspecified atom stereocenters. The number of amidine groups is 1. The minimum atomic E-state index is -0.217. The maximum Gasteiger partial charge on any atom is 0.292 e. The number of hydrogen-bond acceptors (Lipinski definition) is 3. The van der Waals surface area contributed by atoms with E-state index < -0.39 is 0 Å². The van der Waals surface area contributed by atoms with Crippen LogP contribution in [0, 0.1) is 12.8 Å². The molecule has 1 amide bonds. The summed E-state index contributed by atoms with van der Waals surface area (Å²) in [6.07, 6.45) is 0. The first-order valence-corrected chi connectivity index (χ1v) is 8.14. The second-order valence-corrected chi connectivity index (χ2v) is 6.13. The summed E-state index contributed by atoms with van der Waals surface area (Å²) in [6.45, 7) is 7.05. The van der Waals surface area contributed by atoms with Crippen LogP contribution in [0.3, 0.4) is 0 Å². The molecule has 24 heavy (non-hydrogen) atoms. The molecule has 0 aliphatic heterocycles. The Kier molecular flexibility index (Phi) is 6.55. The van der Waals surface area contributed by atoms with E-state index in [-0.39, 0.29) is 11.9 Å². The molecule has 0 aliphatic rings. The highest BCUT2D eigenvalue weighted by molar-refractivity contribution is 6.04. The summed E-state index contributed by atoms with van der Waals surface area (Å²) < 4.78 is 5.66. The molecule has 1 N–H and O–H groups in total. The molecule has 0 heterocycles. The minimum Gasteiger partial charge on any atom is -0.465 e. The Morgan fingerprint density at radius 1 is 1.08 bits per heavy atom. The molecule has 0 radical (unpaired) electrons. The minimum absolute atomic E-state index is 0.217. The van der Waals surface area contributed by atoms with Gasteiger partial charge in [0.1, 0.15) is 0 Å². The Bertz CT molecular complexity index is 677. The normalized spacial score (nSPS) is 11.4. The van der Waals surface area contributed by atoms with Crippen LogP contribution in [0.25, 0.3) is 0 Å². The van der Waals surface area contributed by atoms with Crippen molar-refractivity contribution in [2.75, 3.05) is 6.61 Å². The number of nitrogens with zero attached hydrogens (tertiary/aromatic N) is 1. The van der Waals surface area contributed by atoms with Gasteiger partial charge in [-0.25, -0.2) is 4.99 Å². The lowest BCUT2D eigenvalue weighted by molar-refractivity contribution is 0.0963. The fourth-order valence-corrected chi connectivity index (χ4v) is 1.99. The van der Waals surface area contributed by atoms with Crippen LogP contribution in [0.15, 0.2) is 59.6 Å². The lowest BCUT2D eigenvalue weighted by Crippen LogP contribution is -2.33. The van der Waals surface area contributed by atoms with E-state index >= 15 is 0 Å². The van der Waals surface area contributed by atoms with E-state index in [1.54, 1.807) is 12.1 Å². The first kappa shape index (κ1) is 17.7. The first-order chi connectivity index (χ1) is 11.5. The van der Waals surface area contributed by atoms with Crippen molar-refractivity contribution < 1.29 is 9.53 Å². The summed E-state index contributed by atoms with van der Waals surface area (Å²) in [7, 11) is 0. The smallest absolute Gasteiger partial charge is 0.292 e. The van der Waals surface area contributed by atoms with E-state index in [4.69, 9.17) is 4.74 Å². The van der Waals surface area contributed by atoms with E-state index in [1.807, 2.05) is 49.4 Å². The quantitative estimate of drug-likeness (QED) is 0.669. The van der Waals surface area contributed by atoms with Gasteiger partial charge in [0, 0.05) is 5.56 Å². The highest BCUT2D eigenvalue weighted by Gasteiger charge is 2.10. The van der Waals surface area contributed by atoms with Crippen molar-refractivity contribution in [2.45, 2.75) is 27.3 Å². The number of hydrogen-bond donors (Lipinski definition) is 1. The van der Waals surface area contributed by atoms with Gasteiger partial charge in [0.25, 0.3) is 11.9 Å². The van der Waals surface area contributed by atoms with Gasteiger partial charge in [0.2, 0.25) is 0 Å². The zero-order valence-corrected chi connectivity index (χ0v) is 14.5. The van der Waals surface area contributed by atoms with Crippen molar-refractivity contribution in [2.24, 2.45) is 10.9 Å². The number of ether oxygens (including phenoxy) is 1. The van der Waals surface area contributed by atoms with Crippen LogP contribution in [-0.2, 0) is 11.3 Å². The van der Waals surface area contributed by atoms with E-state index in [1.165, 1.54) is 0 Å². The van der Waals surface area contributed by atoms with Crippen LogP contribution in [0.5, 0.6) is 0 Å². The molecule has 2 aromatic rings. The van der Waals surface area contributed by atoms with Crippen LogP contribution in [0.4, 0.5) is 0 Å². The molecule has 126 valence electrons. The number of nitrogens with one attached hydrogen (secondary N) is 1. The molecule has 0 atom stereocenters. The van der Waals surface area contributed by atoms with Gasteiger partial charge in [-0.1, -0.05) is 61.9 Å². The molecular weight excluding hydrogens is 300 g/mol. The van der Waals surface area contributed by atoms with E-state index in [9.17, 15) is 4.79 Å². The van der Waals surface area contributed by atoms with Gasteiger partial charge >= 0.3 is 0 Å². The predicted octanol–water partition coefficient (Wildman–Crippen LogP) is 3.95. The van der Waals surface area contributed by atoms with Crippen LogP contribution >= 0.6 is 0 Å². The van der Waals surface area contributed by atoms with E-state index in [2.05, 4.69) is 24.2 Å². The third-order valence-electron chi connectivity index (χ3n) is 3.34. The van der Waals surface area contributed by atoms with Gasteiger partial charge in [-0.15, -0.1) is 0 Å².